The highest BCUT2D eigenvalue weighted by atomic mass is 35.5. The molecule has 0 unspecified atom stereocenters. The number of aryl methyl sites for hydroxylation is 2. The van der Waals surface area contributed by atoms with Gasteiger partial charge in [0.2, 0.25) is 43.7 Å². The molecule has 0 aliphatic carbocycles. The van der Waals surface area contributed by atoms with Gasteiger partial charge in [-0.05, 0) is 169 Å². The Balaban J connectivity index is 0.000000161. The first-order chi connectivity index (χ1) is 58.5. The lowest BCUT2D eigenvalue weighted by Gasteiger charge is -2.13. The summed E-state index contributed by atoms with van der Waals surface area (Å²) in [5, 5.41) is 148. The fourth-order valence-corrected chi connectivity index (χ4v) is 14.8. The third kappa shape index (κ3) is 23.3. The van der Waals surface area contributed by atoms with Crippen LogP contribution in [0.3, 0.4) is 0 Å². The number of sulfonamides is 2. The molecular weight excluding hydrogens is 1750 g/mol. The Labute approximate surface area is 722 Å². The fourth-order valence-electron chi connectivity index (χ4n) is 10.6. The number of nitriles is 2. The SMILES string of the molecule is CC(=O)Nc1cc(N=Nc2snc(C)c2C#N)cc(NC(C)=O)c1O.CC(=O)Nc1cc(N=Nc2snc3ccc(S(N)(=O)=O)cc23)cc(Cl)c1O.CNc1cccc2c(O)c(NC(C)=O)cc(N=Nc3snc(C)c3C#N)c12.CNc1cccc2c(O)ccc(N=Nc3cnncn3)c12.NS(=O)(=O)c1ccc2nsc(N=Nc3ccc(O)c(Cl)c3)c2c1. The largest absolute Gasteiger partial charge is 0.507 e. The molecule has 123 heavy (non-hydrogen) atoms. The van der Waals surface area contributed by atoms with Gasteiger partial charge in [-0.25, -0.2) is 32.1 Å². The van der Waals surface area contributed by atoms with E-state index in [0.29, 0.717) is 103 Å². The quantitative estimate of drug-likeness (QED) is 0.0280. The van der Waals surface area contributed by atoms with Crippen molar-refractivity contribution in [2.24, 2.45) is 61.4 Å². The van der Waals surface area contributed by atoms with Gasteiger partial charge in [0.25, 0.3) is 0 Å². The molecule has 40 nitrogen and oxygen atoms in total. The standard InChI is InChI=1S/C18H16N6O2S.C15H12ClN5O4S2.C15H14N6O3S.C14H12N6O.C13H9ClN4O3S2/c1-9-12(8-19)18(27-24-9)23-22-14-7-15(21-10(2)25)17(26)11-5-4-6-13(20-3)16(11)14;1-7(22)18-13-5-8(4-11(16)14(13)23)19-20-15-10-6-9(27(17,24)25)2-3-12(10)21-26-15;1-7-11(6-16)15(25-21-7)20-19-10-4-12(17-8(2)22)14(24)13(5-10)18-9(3)23;1-15-10-4-2-3-9-12(21)6-5-11(14(9)10)19-20-13-7-17-18-8-16-13;14-10-5-7(1-4-12(10)19)16-17-13-9-6-8(23(15,20)21)2-3-11(9)18-22-13/h4-7,20,26H,1-3H3,(H,21,25);2-6,23H,1H3,(H,18,22)(H2,17,24,25);4-5,24H,1-3H3,(H,17,22)(H,18,23);2-8,15,21H,1H3;1-6,19H,(H2,15,20,21). The van der Waals surface area contributed by atoms with Gasteiger partial charge in [-0.15, -0.1) is 56.2 Å². The summed E-state index contributed by atoms with van der Waals surface area (Å²) >= 11 is 16.0. The average Bonchev–Trinajstić information content (AvgIpc) is 1.66. The summed E-state index contributed by atoms with van der Waals surface area (Å²) in [4.78, 5) is 49.1. The van der Waals surface area contributed by atoms with Gasteiger partial charge < -0.3 is 57.4 Å². The number of carbonyl (C=O) groups excluding carboxylic acids is 4. The summed E-state index contributed by atoms with van der Waals surface area (Å²) in [5.41, 5.74) is 7.14. The Hall–Kier alpha value is -14.6. The topological polar surface area (TPSA) is 623 Å². The maximum absolute atomic E-state index is 11.5. The van der Waals surface area contributed by atoms with Gasteiger partial charge in [0.1, 0.15) is 46.8 Å². The lowest BCUT2D eigenvalue weighted by molar-refractivity contribution is -0.115. The highest BCUT2D eigenvalue weighted by Crippen LogP contribution is 2.46. The summed E-state index contributed by atoms with van der Waals surface area (Å²) < 4.78 is 62.4. The first-order valence-electron chi connectivity index (χ1n) is 34.7. The number of aromatic hydroxyl groups is 5. The van der Waals surface area contributed by atoms with Gasteiger partial charge in [0.15, 0.2) is 37.3 Å². The van der Waals surface area contributed by atoms with Crippen LogP contribution in [-0.4, -0.2) is 113 Å². The van der Waals surface area contributed by atoms with E-state index in [2.05, 4.69) is 122 Å². The molecule has 0 saturated carbocycles. The Morgan fingerprint density at radius 3 is 1.33 bits per heavy atom. The molecule has 14 rings (SSSR count). The normalized spacial score (nSPS) is 11.3. The van der Waals surface area contributed by atoms with Gasteiger partial charge >= 0.3 is 0 Å². The Morgan fingerprint density at radius 1 is 0.431 bits per heavy atom. The minimum absolute atomic E-state index is 0.0131. The van der Waals surface area contributed by atoms with Crippen LogP contribution in [0.25, 0.3) is 43.4 Å². The Bertz CT molecular complexity index is 6920. The van der Waals surface area contributed by atoms with Gasteiger partial charge in [0, 0.05) is 85.5 Å². The van der Waals surface area contributed by atoms with Crippen molar-refractivity contribution in [2.45, 2.75) is 51.3 Å². The first kappa shape index (κ1) is 90.7. The van der Waals surface area contributed by atoms with Crippen LogP contribution >= 0.6 is 69.3 Å². The van der Waals surface area contributed by atoms with Crippen LogP contribution < -0.4 is 42.2 Å². The molecule has 0 saturated heterocycles. The number of phenols is 5. The molecule has 0 atom stereocenters. The van der Waals surface area contributed by atoms with Crippen molar-refractivity contribution in [1.29, 1.82) is 10.5 Å². The zero-order valence-electron chi connectivity index (χ0n) is 64.7. The second-order valence-electron chi connectivity index (χ2n) is 24.9. The molecule has 0 radical (unpaired) electrons. The Morgan fingerprint density at radius 2 is 0.862 bits per heavy atom. The fraction of sp³-hybridized carbons (Fsp3) is 0.107. The number of halogens is 2. The van der Waals surface area contributed by atoms with Crippen LogP contribution in [0, 0.1) is 36.5 Å². The molecule has 0 aliphatic heterocycles. The number of phenolic OH excluding ortho intramolecular Hbond substituents is 5. The van der Waals surface area contributed by atoms with Crippen molar-refractivity contribution in [1.82, 2.24) is 32.7 Å². The van der Waals surface area contributed by atoms with Gasteiger partial charge in [-0.1, -0.05) is 47.5 Å². The molecule has 15 N–H and O–H groups in total. The number of azo groups is 5. The molecule has 0 spiro atoms. The van der Waals surface area contributed by atoms with Crippen molar-refractivity contribution < 1.29 is 61.5 Å². The smallest absolute Gasteiger partial charge is 0.238 e. The van der Waals surface area contributed by atoms with E-state index in [1.165, 1.54) is 107 Å². The first-order valence-corrected chi connectivity index (χ1v) is 41.7. The molecule has 4 amide bonds. The highest BCUT2D eigenvalue weighted by molar-refractivity contribution is 7.89. The number of primary sulfonamides is 2. The number of benzene rings is 9. The zero-order valence-corrected chi connectivity index (χ0v) is 71.1. The highest BCUT2D eigenvalue weighted by Gasteiger charge is 2.21. The Kier molecular flexibility index (Phi) is 29.8. The number of hydrogen-bond donors (Lipinski definition) is 13. The number of carbonyl (C=O) groups is 4. The number of fused-ring (bicyclic) bond motifs is 4. The zero-order chi connectivity index (χ0) is 89.1. The number of anilines is 6. The minimum atomic E-state index is -3.86. The van der Waals surface area contributed by atoms with Gasteiger partial charge in [0.05, 0.1) is 99.6 Å². The van der Waals surface area contributed by atoms with E-state index in [4.69, 9.17) is 38.7 Å². The predicted octanol–water partition coefficient (Wildman–Crippen LogP) is 18.5. The monoisotopic (exact) mass is 1810 g/mol. The molecule has 0 bridgehead atoms. The molecule has 0 fully saturated rings. The number of hydrogen-bond acceptors (Lipinski definition) is 38. The summed E-state index contributed by atoms with van der Waals surface area (Å²) in [6, 6.07) is 38.4. The van der Waals surface area contributed by atoms with Gasteiger partial charge in [-0.3, -0.25) is 19.2 Å². The maximum atomic E-state index is 11.5. The molecular formula is C75H63Cl2N27O13S6. The molecule has 9 aromatic carbocycles. The second kappa shape index (κ2) is 40.4. The van der Waals surface area contributed by atoms with Crippen LogP contribution in [-0.2, 0) is 39.2 Å². The molecule has 0 aliphatic rings. The van der Waals surface area contributed by atoms with Crippen LogP contribution in [0.1, 0.15) is 50.2 Å². The number of nitrogens with two attached hydrogens (primary N) is 2. The minimum Gasteiger partial charge on any atom is -0.507 e. The summed E-state index contributed by atoms with van der Waals surface area (Å²) in [7, 11) is -4.10. The summed E-state index contributed by atoms with van der Waals surface area (Å²) in [6.07, 6.45) is 2.73. The van der Waals surface area contributed by atoms with Crippen molar-refractivity contribution in [3.63, 3.8) is 0 Å². The predicted molar refractivity (Wildman–Crippen MR) is 468 cm³/mol. The van der Waals surface area contributed by atoms with Crippen molar-refractivity contribution in [3.8, 4) is 40.9 Å². The molecule has 48 heteroatoms. The van der Waals surface area contributed by atoms with Crippen LogP contribution in [0.2, 0.25) is 10.0 Å². The van der Waals surface area contributed by atoms with E-state index in [1.54, 1.807) is 63.4 Å². The number of nitrogens with one attached hydrogen (secondary N) is 6. The maximum Gasteiger partial charge on any atom is 0.238 e. The van der Waals surface area contributed by atoms with E-state index in [-0.39, 0.29) is 94.5 Å². The third-order valence-corrected chi connectivity index (χ3v) is 21.7. The third-order valence-electron chi connectivity index (χ3n) is 16.2. The molecule has 626 valence electrons. The molecule has 5 aromatic heterocycles. The van der Waals surface area contributed by atoms with E-state index >= 15 is 0 Å². The van der Waals surface area contributed by atoms with Crippen molar-refractivity contribution in [3.05, 3.63) is 179 Å². The number of aromatic nitrogens is 7. The van der Waals surface area contributed by atoms with E-state index in [0.717, 1.165) is 62.9 Å². The average molecular weight is 1810 g/mol. The van der Waals surface area contributed by atoms with Crippen LogP contribution in [0.5, 0.6) is 28.7 Å². The number of amides is 4. The van der Waals surface area contributed by atoms with Gasteiger partial charge in [-0.2, -0.15) is 33.1 Å². The lowest BCUT2D eigenvalue weighted by Crippen LogP contribution is -2.11. The van der Waals surface area contributed by atoms with Crippen LogP contribution in [0.4, 0.5) is 88.4 Å². The molecule has 14 aromatic rings. The summed E-state index contributed by atoms with van der Waals surface area (Å²) in [5.74, 6) is -1.62. The van der Waals surface area contributed by atoms with E-state index in [9.17, 15) is 66.8 Å². The van der Waals surface area contributed by atoms with Crippen molar-refractivity contribution >= 4 is 245 Å². The molecule has 5 heterocycles. The van der Waals surface area contributed by atoms with E-state index < -0.39 is 31.9 Å². The van der Waals surface area contributed by atoms with Crippen molar-refractivity contribution in [2.75, 3.05) is 46.0 Å². The number of rotatable bonds is 18. The summed E-state index contributed by atoms with van der Waals surface area (Å²) in [6.45, 7) is 8.63. The lowest BCUT2D eigenvalue weighted by atomic mass is 10.0. The second-order valence-corrected chi connectivity index (χ2v) is 31.9. The van der Waals surface area contributed by atoms with E-state index in [1.807, 2.05) is 37.4 Å². The number of nitrogens with zero attached hydrogens (tertiary/aromatic N) is 19. The van der Waals surface area contributed by atoms with Crippen LogP contribution in [0.15, 0.2) is 207 Å².